The second-order valence-electron chi connectivity index (χ2n) is 7.69. The molecule has 0 aromatic rings. The van der Waals surface area contributed by atoms with Crippen molar-refractivity contribution < 1.29 is 9.59 Å². The lowest BCUT2D eigenvalue weighted by molar-refractivity contribution is -0.190. The minimum absolute atomic E-state index is 0.112. The minimum Gasteiger partial charge on any atom is -0.338 e. The molecule has 1 saturated carbocycles. The third kappa shape index (κ3) is 2.67. The zero-order valence-electron chi connectivity index (χ0n) is 14.9. The van der Waals surface area contributed by atoms with Crippen LogP contribution >= 0.6 is 0 Å². The fraction of sp³-hybridized carbons (Fsp3) is 0.889. The Morgan fingerprint density at radius 2 is 1.74 bits per heavy atom. The molecule has 0 N–H and O–H groups in total. The molecule has 1 unspecified atom stereocenters. The van der Waals surface area contributed by atoms with Crippen molar-refractivity contribution in [3.8, 4) is 0 Å². The van der Waals surface area contributed by atoms with Gasteiger partial charge < -0.3 is 14.7 Å². The predicted octanol–water partition coefficient (Wildman–Crippen LogP) is 1.72. The van der Waals surface area contributed by atoms with Crippen molar-refractivity contribution in [2.24, 2.45) is 5.41 Å². The molecule has 0 radical (unpaired) electrons. The van der Waals surface area contributed by atoms with E-state index in [0.717, 1.165) is 58.4 Å². The van der Waals surface area contributed by atoms with Crippen LogP contribution in [0.4, 0.5) is 0 Å². The monoisotopic (exact) mass is 321 g/mol. The number of β-lactam (4-membered cyclic amide) rings is 1. The van der Waals surface area contributed by atoms with Gasteiger partial charge >= 0.3 is 0 Å². The number of hydrogen-bond acceptors (Lipinski definition) is 3. The molecule has 0 aromatic carbocycles. The van der Waals surface area contributed by atoms with Crippen LogP contribution in [0.15, 0.2) is 0 Å². The summed E-state index contributed by atoms with van der Waals surface area (Å²) in [7, 11) is 0. The zero-order chi connectivity index (χ0) is 16.6. The molecular weight excluding hydrogens is 290 g/mol. The Labute approximate surface area is 140 Å². The van der Waals surface area contributed by atoms with E-state index in [4.69, 9.17) is 0 Å². The summed E-state index contributed by atoms with van der Waals surface area (Å²) in [6.07, 6.45) is 5.18. The summed E-state index contributed by atoms with van der Waals surface area (Å²) >= 11 is 0. The highest BCUT2D eigenvalue weighted by Crippen LogP contribution is 2.51. The fourth-order valence-corrected chi connectivity index (χ4v) is 4.71. The molecular formula is C18H31N3O2. The third-order valence-corrected chi connectivity index (χ3v) is 6.13. The summed E-state index contributed by atoms with van der Waals surface area (Å²) in [5.74, 6) is 0.439. The van der Waals surface area contributed by atoms with Crippen LogP contribution in [-0.4, -0.2) is 71.3 Å². The van der Waals surface area contributed by atoms with Crippen molar-refractivity contribution in [2.45, 2.75) is 65.0 Å². The average molecular weight is 321 g/mol. The number of likely N-dealkylation sites (tertiary alicyclic amines) is 1. The maximum absolute atomic E-state index is 13.2. The summed E-state index contributed by atoms with van der Waals surface area (Å²) in [6.45, 7) is 10.8. The van der Waals surface area contributed by atoms with Gasteiger partial charge in [0.2, 0.25) is 11.8 Å². The molecule has 2 amide bonds. The standard InChI is InChI=1S/C18H31N3O2/c1-4-19-10-12-20(13-11-19)16(22)15-18(8-6-5-7-9-18)17(23)21(15)14(2)3/h14-15H,4-13H2,1-3H3. The van der Waals surface area contributed by atoms with Gasteiger partial charge in [-0.15, -0.1) is 0 Å². The molecule has 23 heavy (non-hydrogen) atoms. The van der Waals surface area contributed by atoms with Crippen molar-refractivity contribution in [2.75, 3.05) is 32.7 Å². The SMILES string of the molecule is CCN1CCN(C(=O)C2N(C(C)C)C(=O)C23CCCCC3)CC1. The van der Waals surface area contributed by atoms with Crippen molar-refractivity contribution >= 4 is 11.8 Å². The van der Waals surface area contributed by atoms with E-state index in [2.05, 4.69) is 11.8 Å². The molecule has 3 rings (SSSR count). The maximum atomic E-state index is 13.2. The first-order valence-electron chi connectivity index (χ1n) is 9.35. The highest BCUT2D eigenvalue weighted by Gasteiger charge is 2.64. The van der Waals surface area contributed by atoms with Crippen molar-refractivity contribution in [3.63, 3.8) is 0 Å². The van der Waals surface area contributed by atoms with Crippen LogP contribution in [0, 0.1) is 5.41 Å². The number of carbonyl (C=O) groups excluding carboxylic acids is 2. The molecule has 5 nitrogen and oxygen atoms in total. The Balaban J connectivity index is 1.77. The zero-order valence-corrected chi connectivity index (χ0v) is 14.9. The lowest BCUT2D eigenvalue weighted by Crippen LogP contribution is -2.76. The van der Waals surface area contributed by atoms with Gasteiger partial charge in [0.15, 0.2) is 0 Å². The van der Waals surface area contributed by atoms with Crippen LogP contribution in [0.5, 0.6) is 0 Å². The van der Waals surface area contributed by atoms with Gasteiger partial charge in [0, 0.05) is 32.2 Å². The fourth-order valence-electron chi connectivity index (χ4n) is 4.71. The van der Waals surface area contributed by atoms with Gasteiger partial charge in [-0.25, -0.2) is 0 Å². The first-order chi connectivity index (χ1) is 11.0. The highest BCUT2D eigenvalue weighted by molar-refractivity contribution is 6.02. The van der Waals surface area contributed by atoms with Gasteiger partial charge in [-0.1, -0.05) is 26.2 Å². The first-order valence-corrected chi connectivity index (χ1v) is 9.35. The lowest BCUT2D eigenvalue weighted by Gasteiger charge is -2.59. The predicted molar refractivity (Wildman–Crippen MR) is 90.0 cm³/mol. The second-order valence-corrected chi connectivity index (χ2v) is 7.69. The summed E-state index contributed by atoms with van der Waals surface area (Å²) in [4.78, 5) is 32.3. The largest absolute Gasteiger partial charge is 0.338 e. The van der Waals surface area contributed by atoms with Crippen LogP contribution in [0.2, 0.25) is 0 Å². The number of amides is 2. The van der Waals surface area contributed by atoms with E-state index < -0.39 is 0 Å². The Kier molecular flexibility index (Phi) is 4.68. The number of rotatable bonds is 3. The summed E-state index contributed by atoms with van der Waals surface area (Å²) in [6, 6.07) is -0.0931. The van der Waals surface area contributed by atoms with Gasteiger partial charge in [-0.3, -0.25) is 9.59 Å². The quantitative estimate of drug-likeness (QED) is 0.744. The van der Waals surface area contributed by atoms with Crippen molar-refractivity contribution in [1.82, 2.24) is 14.7 Å². The number of piperazine rings is 1. The van der Waals surface area contributed by atoms with E-state index in [9.17, 15) is 9.59 Å². The number of nitrogens with zero attached hydrogens (tertiary/aromatic N) is 3. The maximum Gasteiger partial charge on any atom is 0.246 e. The molecule has 5 heteroatoms. The molecule has 0 aromatic heterocycles. The first kappa shape index (κ1) is 16.7. The van der Waals surface area contributed by atoms with Gasteiger partial charge in [0.05, 0.1) is 5.41 Å². The number of carbonyl (C=O) groups is 2. The third-order valence-electron chi connectivity index (χ3n) is 6.13. The van der Waals surface area contributed by atoms with Gasteiger partial charge in [0.25, 0.3) is 0 Å². The summed E-state index contributed by atoms with van der Waals surface area (Å²) in [5.41, 5.74) is -0.374. The van der Waals surface area contributed by atoms with Gasteiger partial charge in [0.1, 0.15) is 6.04 Å². The Hall–Kier alpha value is -1.10. The second kappa shape index (κ2) is 6.42. The topological polar surface area (TPSA) is 43.9 Å². The van der Waals surface area contributed by atoms with Crippen LogP contribution in [0.3, 0.4) is 0 Å². The minimum atomic E-state index is -0.374. The van der Waals surface area contributed by atoms with Crippen molar-refractivity contribution in [3.05, 3.63) is 0 Å². The molecule has 0 bridgehead atoms. The van der Waals surface area contributed by atoms with Gasteiger partial charge in [-0.05, 0) is 33.2 Å². The smallest absolute Gasteiger partial charge is 0.246 e. The summed E-state index contributed by atoms with van der Waals surface area (Å²) < 4.78 is 0. The average Bonchev–Trinajstić information content (AvgIpc) is 2.59. The highest BCUT2D eigenvalue weighted by atomic mass is 16.2. The van der Waals surface area contributed by atoms with Gasteiger partial charge in [-0.2, -0.15) is 0 Å². The van der Waals surface area contributed by atoms with Crippen LogP contribution < -0.4 is 0 Å². The molecule has 3 aliphatic rings. The molecule has 1 spiro atoms. The molecule has 1 atom stereocenters. The van der Waals surface area contributed by atoms with Crippen LogP contribution in [-0.2, 0) is 9.59 Å². The Bertz CT molecular complexity index is 463. The molecule has 130 valence electrons. The molecule has 2 aliphatic heterocycles. The van der Waals surface area contributed by atoms with Crippen molar-refractivity contribution in [1.29, 1.82) is 0 Å². The molecule has 1 aliphatic carbocycles. The van der Waals surface area contributed by atoms with E-state index in [-0.39, 0.29) is 29.3 Å². The molecule has 2 heterocycles. The Morgan fingerprint density at radius 3 is 2.26 bits per heavy atom. The molecule has 3 fully saturated rings. The molecule has 2 saturated heterocycles. The number of likely N-dealkylation sites (N-methyl/N-ethyl adjacent to an activating group) is 1. The van der Waals surface area contributed by atoms with E-state index in [1.54, 1.807) is 0 Å². The van der Waals surface area contributed by atoms with Crippen LogP contribution in [0.1, 0.15) is 52.9 Å². The lowest BCUT2D eigenvalue weighted by atomic mass is 9.61. The van der Waals surface area contributed by atoms with E-state index in [0.29, 0.717) is 0 Å². The number of hydrogen-bond donors (Lipinski definition) is 0. The van der Waals surface area contributed by atoms with E-state index in [1.807, 2.05) is 23.6 Å². The Morgan fingerprint density at radius 1 is 1.13 bits per heavy atom. The van der Waals surface area contributed by atoms with E-state index >= 15 is 0 Å². The van der Waals surface area contributed by atoms with E-state index in [1.165, 1.54) is 6.42 Å². The normalized spacial score (nSPS) is 28.3. The summed E-state index contributed by atoms with van der Waals surface area (Å²) in [5, 5.41) is 0. The van der Waals surface area contributed by atoms with Crippen LogP contribution in [0.25, 0.3) is 0 Å².